The van der Waals surface area contributed by atoms with Gasteiger partial charge in [0, 0.05) is 24.2 Å². The number of fused-ring (bicyclic) bond motifs is 1. The van der Waals surface area contributed by atoms with Crippen LogP contribution in [-0.4, -0.2) is 40.0 Å². The third-order valence-electron chi connectivity index (χ3n) is 3.79. The molecule has 0 aliphatic carbocycles. The Labute approximate surface area is 122 Å². The highest BCUT2D eigenvalue weighted by atomic mass is 16.2. The zero-order valence-corrected chi connectivity index (χ0v) is 11.8. The molecule has 0 radical (unpaired) electrons. The molecule has 1 saturated heterocycles. The average Bonchev–Trinajstić information content (AvgIpc) is 2.78. The normalized spacial score (nSPS) is 15.7. The van der Waals surface area contributed by atoms with Crippen molar-refractivity contribution in [2.45, 2.75) is 25.7 Å². The fourth-order valence-electron chi connectivity index (χ4n) is 2.62. The molecule has 0 saturated carbocycles. The molecule has 1 aromatic heterocycles. The Balaban J connectivity index is 1.68. The summed E-state index contributed by atoms with van der Waals surface area (Å²) in [6.45, 7) is 1.34. The molecule has 1 fully saturated rings. The first-order valence-electron chi connectivity index (χ1n) is 7.27. The van der Waals surface area contributed by atoms with Crippen LogP contribution in [0.5, 0.6) is 0 Å². The Morgan fingerprint density at radius 3 is 2.67 bits per heavy atom. The predicted molar refractivity (Wildman–Crippen MR) is 79.8 cm³/mol. The van der Waals surface area contributed by atoms with Gasteiger partial charge < -0.3 is 10.2 Å². The number of amides is 2. The minimum Gasteiger partial charge on any atom is -0.334 e. The summed E-state index contributed by atoms with van der Waals surface area (Å²) in [5.41, 5.74) is 1.43. The van der Waals surface area contributed by atoms with Crippen molar-refractivity contribution in [1.82, 2.24) is 15.1 Å². The standard InChI is InChI=1S/C15H18N4O2/c20-14(15(21)19-7-3-1-2-4-8-19)17-12-6-5-11-10-16-18-13(11)9-12/h5-6,9-10H,1-4,7-8H2,(H,16,18)(H,17,20). The number of aromatic amines is 1. The second kappa shape index (κ2) is 5.95. The van der Waals surface area contributed by atoms with E-state index in [1.807, 2.05) is 6.07 Å². The van der Waals surface area contributed by atoms with Gasteiger partial charge in [-0.1, -0.05) is 12.8 Å². The van der Waals surface area contributed by atoms with Crippen LogP contribution in [-0.2, 0) is 9.59 Å². The van der Waals surface area contributed by atoms with Crippen molar-refractivity contribution in [3.05, 3.63) is 24.4 Å². The summed E-state index contributed by atoms with van der Waals surface area (Å²) in [6.07, 6.45) is 5.91. The van der Waals surface area contributed by atoms with Gasteiger partial charge in [-0.3, -0.25) is 14.7 Å². The van der Waals surface area contributed by atoms with Gasteiger partial charge in [-0.05, 0) is 31.0 Å². The molecule has 0 unspecified atom stereocenters. The molecule has 2 amide bonds. The second-order valence-electron chi connectivity index (χ2n) is 5.33. The molecule has 21 heavy (non-hydrogen) atoms. The molecule has 3 rings (SSSR count). The number of benzene rings is 1. The predicted octanol–water partition coefficient (Wildman–Crippen LogP) is 1.90. The van der Waals surface area contributed by atoms with E-state index < -0.39 is 11.8 Å². The van der Waals surface area contributed by atoms with E-state index in [0.29, 0.717) is 18.8 Å². The van der Waals surface area contributed by atoms with Crippen LogP contribution in [0.2, 0.25) is 0 Å². The van der Waals surface area contributed by atoms with E-state index in [9.17, 15) is 9.59 Å². The van der Waals surface area contributed by atoms with Gasteiger partial charge in [-0.15, -0.1) is 0 Å². The summed E-state index contributed by atoms with van der Waals surface area (Å²) in [7, 11) is 0. The maximum Gasteiger partial charge on any atom is 0.313 e. The molecule has 2 aromatic rings. The highest BCUT2D eigenvalue weighted by Crippen LogP contribution is 2.17. The van der Waals surface area contributed by atoms with Gasteiger partial charge in [-0.25, -0.2) is 0 Å². The van der Waals surface area contributed by atoms with Gasteiger partial charge in [0.25, 0.3) is 0 Å². The van der Waals surface area contributed by atoms with E-state index in [0.717, 1.165) is 36.6 Å². The molecule has 1 aliphatic heterocycles. The zero-order chi connectivity index (χ0) is 14.7. The summed E-state index contributed by atoms with van der Waals surface area (Å²) < 4.78 is 0. The minimum atomic E-state index is -0.573. The molecular weight excluding hydrogens is 268 g/mol. The number of anilines is 1. The smallest absolute Gasteiger partial charge is 0.313 e. The SMILES string of the molecule is O=C(Nc1ccc2cn[nH]c2c1)C(=O)N1CCCCCC1. The number of carbonyl (C=O) groups excluding carboxylic acids is 2. The quantitative estimate of drug-likeness (QED) is 0.786. The Kier molecular flexibility index (Phi) is 3.85. The van der Waals surface area contributed by atoms with Crippen molar-refractivity contribution in [2.75, 3.05) is 18.4 Å². The first kappa shape index (κ1) is 13.6. The average molecular weight is 286 g/mol. The van der Waals surface area contributed by atoms with Crippen LogP contribution in [0.15, 0.2) is 24.4 Å². The van der Waals surface area contributed by atoms with E-state index in [4.69, 9.17) is 0 Å². The van der Waals surface area contributed by atoms with Crippen molar-refractivity contribution in [3.63, 3.8) is 0 Å². The highest BCUT2D eigenvalue weighted by molar-refractivity contribution is 6.39. The van der Waals surface area contributed by atoms with Gasteiger partial charge in [0.1, 0.15) is 0 Å². The van der Waals surface area contributed by atoms with Crippen molar-refractivity contribution in [1.29, 1.82) is 0 Å². The lowest BCUT2D eigenvalue weighted by Gasteiger charge is -2.19. The molecule has 2 heterocycles. The number of carbonyl (C=O) groups is 2. The van der Waals surface area contributed by atoms with Crippen molar-refractivity contribution in [2.24, 2.45) is 0 Å². The summed E-state index contributed by atoms with van der Waals surface area (Å²) in [6, 6.07) is 5.40. The number of aromatic nitrogens is 2. The summed E-state index contributed by atoms with van der Waals surface area (Å²) in [4.78, 5) is 25.9. The molecule has 0 bridgehead atoms. The molecule has 110 valence electrons. The summed E-state index contributed by atoms with van der Waals surface area (Å²) in [5.74, 6) is -1.02. The minimum absolute atomic E-state index is 0.443. The van der Waals surface area contributed by atoms with Crippen LogP contribution in [0.1, 0.15) is 25.7 Å². The van der Waals surface area contributed by atoms with Gasteiger partial charge in [0.15, 0.2) is 0 Å². The fourth-order valence-corrected chi connectivity index (χ4v) is 2.62. The van der Waals surface area contributed by atoms with Crippen molar-refractivity contribution >= 4 is 28.4 Å². The maximum atomic E-state index is 12.2. The van der Waals surface area contributed by atoms with Crippen LogP contribution >= 0.6 is 0 Å². The van der Waals surface area contributed by atoms with E-state index in [1.165, 1.54) is 0 Å². The molecule has 0 spiro atoms. The Morgan fingerprint density at radius 2 is 1.90 bits per heavy atom. The van der Waals surface area contributed by atoms with E-state index in [1.54, 1.807) is 23.2 Å². The molecule has 2 N–H and O–H groups in total. The van der Waals surface area contributed by atoms with Crippen LogP contribution in [0.3, 0.4) is 0 Å². The van der Waals surface area contributed by atoms with Crippen LogP contribution < -0.4 is 5.32 Å². The van der Waals surface area contributed by atoms with Crippen LogP contribution in [0, 0.1) is 0 Å². The van der Waals surface area contributed by atoms with Gasteiger partial charge in [-0.2, -0.15) is 5.10 Å². The monoisotopic (exact) mass is 286 g/mol. The Bertz CT molecular complexity index is 656. The maximum absolute atomic E-state index is 12.2. The zero-order valence-electron chi connectivity index (χ0n) is 11.8. The van der Waals surface area contributed by atoms with Gasteiger partial charge >= 0.3 is 11.8 Å². The third-order valence-corrected chi connectivity index (χ3v) is 3.79. The molecule has 6 heteroatoms. The largest absolute Gasteiger partial charge is 0.334 e. The number of hydrogen-bond donors (Lipinski definition) is 2. The molecular formula is C15H18N4O2. The Morgan fingerprint density at radius 1 is 1.14 bits per heavy atom. The lowest BCUT2D eigenvalue weighted by atomic mass is 10.2. The molecule has 0 atom stereocenters. The number of H-pyrrole nitrogens is 1. The summed E-state index contributed by atoms with van der Waals surface area (Å²) in [5, 5.41) is 10.4. The topological polar surface area (TPSA) is 78.1 Å². The number of nitrogens with one attached hydrogen (secondary N) is 2. The molecule has 1 aromatic carbocycles. The van der Waals surface area contributed by atoms with Crippen molar-refractivity contribution in [3.8, 4) is 0 Å². The molecule has 1 aliphatic rings. The third kappa shape index (κ3) is 3.04. The van der Waals surface area contributed by atoms with E-state index in [2.05, 4.69) is 15.5 Å². The van der Waals surface area contributed by atoms with E-state index >= 15 is 0 Å². The first-order chi connectivity index (χ1) is 10.2. The van der Waals surface area contributed by atoms with Gasteiger partial charge in [0.2, 0.25) is 0 Å². The summed E-state index contributed by atoms with van der Waals surface area (Å²) >= 11 is 0. The number of nitrogens with zero attached hydrogens (tertiary/aromatic N) is 2. The number of hydrogen-bond acceptors (Lipinski definition) is 3. The van der Waals surface area contributed by atoms with Crippen molar-refractivity contribution < 1.29 is 9.59 Å². The van der Waals surface area contributed by atoms with Gasteiger partial charge in [0.05, 0.1) is 11.7 Å². The second-order valence-corrected chi connectivity index (χ2v) is 5.33. The lowest BCUT2D eigenvalue weighted by Crippen LogP contribution is -2.40. The van der Waals surface area contributed by atoms with Crippen LogP contribution in [0.4, 0.5) is 5.69 Å². The van der Waals surface area contributed by atoms with Crippen LogP contribution in [0.25, 0.3) is 10.9 Å². The first-order valence-corrected chi connectivity index (χ1v) is 7.27. The highest BCUT2D eigenvalue weighted by Gasteiger charge is 2.22. The van der Waals surface area contributed by atoms with E-state index in [-0.39, 0.29) is 0 Å². The Hall–Kier alpha value is -2.37. The molecule has 6 nitrogen and oxygen atoms in total. The number of rotatable bonds is 1. The lowest BCUT2D eigenvalue weighted by molar-refractivity contribution is -0.143. The fraction of sp³-hybridized carbons (Fsp3) is 0.400. The number of likely N-dealkylation sites (tertiary alicyclic amines) is 1.